The molecule has 2 aromatic carbocycles. The molecule has 0 spiro atoms. The number of rotatable bonds is 5. The molecule has 2 amide bonds. The second-order valence-corrected chi connectivity index (χ2v) is 10.2. The molecular weight excluding hydrogens is 438 g/mol. The fourth-order valence-electron chi connectivity index (χ4n) is 5.52. The summed E-state index contributed by atoms with van der Waals surface area (Å²) in [6.07, 6.45) is 8.92. The summed E-state index contributed by atoms with van der Waals surface area (Å²) in [5.41, 5.74) is 2.89. The van der Waals surface area contributed by atoms with Gasteiger partial charge in [0, 0.05) is 36.2 Å². The summed E-state index contributed by atoms with van der Waals surface area (Å²) in [4.78, 5) is 32.6. The lowest BCUT2D eigenvalue weighted by molar-refractivity contribution is -0.127. The second kappa shape index (κ2) is 10.6. The van der Waals surface area contributed by atoms with Gasteiger partial charge in [0.1, 0.15) is 5.52 Å². The average Bonchev–Trinajstić information content (AvgIpc) is 3.17. The highest BCUT2D eigenvalue weighted by molar-refractivity contribution is 5.97. The van der Waals surface area contributed by atoms with Crippen molar-refractivity contribution >= 4 is 22.9 Å². The maximum Gasteiger partial charge on any atom is 0.253 e. The van der Waals surface area contributed by atoms with Gasteiger partial charge in [0.25, 0.3) is 5.91 Å². The molecule has 0 radical (unpaired) electrons. The van der Waals surface area contributed by atoms with Gasteiger partial charge in [-0.2, -0.15) is 0 Å². The molecule has 1 aromatic heterocycles. The minimum absolute atomic E-state index is 0.0126. The molecule has 1 saturated carbocycles. The van der Waals surface area contributed by atoms with Crippen molar-refractivity contribution in [1.82, 2.24) is 15.2 Å². The van der Waals surface area contributed by atoms with Crippen LogP contribution in [0, 0.1) is 11.8 Å². The van der Waals surface area contributed by atoms with Crippen LogP contribution in [0.15, 0.2) is 52.9 Å². The normalized spacial score (nSPS) is 18.8. The first-order valence-corrected chi connectivity index (χ1v) is 13.1. The molecule has 1 aliphatic carbocycles. The predicted octanol–water partition coefficient (Wildman–Crippen LogP) is 5.82. The fourth-order valence-corrected chi connectivity index (χ4v) is 5.52. The maximum absolute atomic E-state index is 13.2. The molecule has 5 rings (SSSR count). The van der Waals surface area contributed by atoms with Crippen LogP contribution in [0.3, 0.4) is 0 Å². The Balaban J connectivity index is 1.18. The molecule has 6 heteroatoms. The van der Waals surface area contributed by atoms with Crippen LogP contribution < -0.4 is 5.32 Å². The molecule has 6 nitrogen and oxygen atoms in total. The standard InChI is InChI=1S/C29H35N3O3/c1-20(27(33)30-24-11-7-2-3-8-12-24)21-15-17-32(18-16-21)29(34)23-13-14-25-26(19-23)35-28(31-25)22-9-5-4-6-10-22/h4-6,9-10,13-14,19-21,24H,2-3,7-8,11-12,15-18H2,1H3,(H,30,33). The SMILES string of the molecule is CC(C(=O)NC1CCCCCC1)C1CCN(C(=O)c2ccc3nc(-c4ccccc4)oc3c2)CC1. The highest BCUT2D eigenvalue weighted by Gasteiger charge is 2.31. The topological polar surface area (TPSA) is 75.4 Å². The molecular formula is C29H35N3O3. The van der Waals surface area contributed by atoms with Gasteiger partial charge in [0.15, 0.2) is 5.58 Å². The van der Waals surface area contributed by atoms with Crippen molar-refractivity contribution in [3.8, 4) is 11.5 Å². The zero-order valence-electron chi connectivity index (χ0n) is 20.5. The monoisotopic (exact) mass is 473 g/mol. The van der Waals surface area contributed by atoms with Crippen LogP contribution in [0.2, 0.25) is 0 Å². The highest BCUT2D eigenvalue weighted by atomic mass is 16.3. The zero-order chi connectivity index (χ0) is 24.2. The molecule has 1 saturated heterocycles. The Morgan fingerprint density at radius 3 is 2.40 bits per heavy atom. The van der Waals surface area contributed by atoms with Crippen molar-refractivity contribution in [2.24, 2.45) is 11.8 Å². The summed E-state index contributed by atoms with van der Waals surface area (Å²) in [5, 5.41) is 3.31. The van der Waals surface area contributed by atoms with Gasteiger partial charge in [-0.3, -0.25) is 9.59 Å². The van der Waals surface area contributed by atoms with E-state index >= 15 is 0 Å². The van der Waals surface area contributed by atoms with Crippen molar-refractivity contribution in [3.63, 3.8) is 0 Å². The number of hydrogen-bond acceptors (Lipinski definition) is 4. The van der Waals surface area contributed by atoms with Gasteiger partial charge in [0.05, 0.1) is 0 Å². The number of carbonyl (C=O) groups excluding carboxylic acids is 2. The molecule has 1 atom stereocenters. The molecule has 2 aliphatic rings. The molecule has 1 unspecified atom stereocenters. The molecule has 1 N–H and O–H groups in total. The lowest BCUT2D eigenvalue weighted by atomic mass is 9.84. The van der Waals surface area contributed by atoms with Crippen LogP contribution >= 0.6 is 0 Å². The van der Waals surface area contributed by atoms with E-state index < -0.39 is 0 Å². The molecule has 2 fully saturated rings. The number of benzene rings is 2. The molecule has 1 aliphatic heterocycles. The first kappa shape index (κ1) is 23.6. The van der Waals surface area contributed by atoms with Crippen molar-refractivity contribution in [2.45, 2.75) is 64.3 Å². The summed E-state index contributed by atoms with van der Waals surface area (Å²) >= 11 is 0. The minimum Gasteiger partial charge on any atom is -0.436 e. The van der Waals surface area contributed by atoms with E-state index in [1.54, 1.807) is 6.07 Å². The number of aromatic nitrogens is 1. The molecule has 0 bridgehead atoms. The number of fused-ring (bicyclic) bond motifs is 1. The summed E-state index contributed by atoms with van der Waals surface area (Å²) in [5.74, 6) is 1.06. The molecule has 35 heavy (non-hydrogen) atoms. The van der Waals surface area contributed by atoms with Gasteiger partial charge < -0.3 is 14.6 Å². The van der Waals surface area contributed by atoms with Gasteiger partial charge >= 0.3 is 0 Å². The number of hydrogen-bond donors (Lipinski definition) is 1. The molecule has 184 valence electrons. The number of amides is 2. The van der Waals surface area contributed by atoms with Crippen LogP contribution in [0.1, 0.15) is 68.6 Å². The van der Waals surface area contributed by atoms with E-state index in [9.17, 15) is 9.59 Å². The maximum atomic E-state index is 13.2. The van der Waals surface area contributed by atoms with E-state index in [2.05, 4.69) is 17.2 Å². The first-order chi connectivity index (χ1) is 17.1. The second-order valence-electron chi connectivity index (χ2n) is 10.2. The van der Waals surface area contributed by atoms with Crippen molar-refractivity contribution in [1.29, 1.82) is 0 Å². The number of likely N-dealkylation sites (tertiary alicyclic amines) is 1. The van der Waals surface area contributed by atoms with Crippen molar-refractivity contribution < 1.29 is 14.0 Å². The smallest absolute Gasteiger partial charge is 0.253 e. The van der Waals surface area contributed by atoms with Crippen LogP contribution in [0.5, 0.6) is 0 Å². The quantitative estimate of drug-likeness (QED) is 0.474. The first-order valence-electron chi connectivity index (χ1n) is 13.1. The van der Waals surface area contributed by atoms with Crippen LogP contribution in [0.25, 0.3) is 22.6 Å². The third-order valence-corrected chi connectivity index (χ3v) is 7.81. The van der Waals surface area contributed by atoms with Crippen LogP contribution in [-0.2, 0) is 4.79 Å². The lowest BCUT2D eigenvalue weighted by Crippen LogP contribution is -2.44. The number of oxazole rings is 1. The van der Waals surface area contributed by atoms with E-state index in [1.807, 2.05) is 47.4 Å². The van der Waals surface area contributed by atoms with E-state index in [0.717, 1.165) is 36.8 Å². The Bertz CT molecular complexity index is 1160. The summed E-state index contributed by atoms with van der Waals surface area (Å²) in [6.45, 7) is 3.40. The third kappa shape index (κ3) is 5.42. The minimum atomic E-state index is -0.0162. The van der Waals surface area contributed by atoms with Crippen LogP contribution in [0.4, 0.5) is 0 Å². The number of carbonyl (C=O) groups is 2. The van der Waals surface area contributed by atoms with E-state index in [0.29, 0.717) is 42.1 Å². The van der Waals surface area contributed by atoms with Gasteiger partial charge in [0.2, 0.25) is 11.8 Å². The Morgan fingerprint density at radius 1 is 0.971 bits per heavy atom. The van der Waals surface area contributed by atoms with Gasteiger partial charge in [-0.15, -0.1) is 0 Å². The Labute approximate surface area is 207 Å². The highest BCUT2D eigenvalue weighted by Crippen LogP contribution is 2.29. The Kier molecular flexibility index (Phi) is 7.16. The summed E-state index contributed by atoms with van der Waals surface area (Å²) in [7, 11) is 0. The largest absolute Gasteiger partial charge is 0.436 e. The van der Waals surface area contributed by atoms with E-state index in [1.165, 1.54) is 25.7 Å². The third-order valence-electron chi connectivity index (χ3n) is 7.81. The predicted molar refractivity (Wildman–Crippen MR) is 137 cm³/mol. The summed E-state index contributed by atoms with van der Waals surface area (Å²) < 4.78 is 5.95. The number of nitrogens with zero attached hydrogens (tertiary/aromatic N) is 2. The average molecular weight is 474 g/mol. The Hall–Kier alpha value is -3.15. The lowest BCUT2D eigenvalue weighted by Gasteiger charge is -2.35. The summed E-state index contributed by atoms with van der Waals surface area (Å²) in [6, 6.07) is 15.6. The van der Waals surface area contributed by atoms with E-state index in [-0.39, 0.29) is 17.7 Å². The van der Waals surface area contributed by atoms with Crippen LogP contribution in [-0.4, -0.2) is 40.8 Å². The fraction of sp³-hybridized carbons (Fsp3) is 0.483. The Morgan fingerprint density at radius 2 is 1.69 bits per heavy atom. The zero-order valence-corrected chi connectivity index (χ0v) is 20.5. The van der Waals surface area contributed by atoms with Gasteiger partial charge in [-0.25, -0.2) is 4.98 Å². The van der Waals surface area contributed by atoms with Crippen molar-refractivity contribution in [3.05, 3.63) is 54.1 Å². The number of piperidine rings is 1. The van der Waals surface area contributed by atoms with Gasteiger partial charge in [-0.05, 0) is 61.9 Å². The number of nitrogens with one attached hydrogen (secondary N) is 1. The van der Waals surface area contributed by atoms with Gasteiger partial charge in [-0.1, -0.05) is 50.8 Å². The van der Waals surface area contributed by atoms with E-state index in [4.69, 9.17) is 4.42 Å². The van der Waals surface area contributed by atoms with Crippen molar-refractivity contribution in [2.75, 3.05) is 13.1 Å². The molecule has 2 heterocycles. The molecule has 3 aromatic rings.